The van der Waals surface area contributed by atoms with Crippen LogP contribution in [0, 0.1) is 13.8 Å². The van der Waals surface area contributed by atoms with E-state index in [1.54, 1.807) is 0 Å². The van der Waals surface area contributed by atoms with E-state index < -0.39 is 0 Å². The Kier molecular flexibility index (Phi) is 4.81. The quantitative estimate of drug-likeness (QED) is 0.649. The molecule has 0 bridgehead atoms. The maximum Gasteiger partial charge on any atom is 0.0438 e. The zero-order valence-electron chi connectivity index (χ0n) is 11.9. The fourth-order valence-electron chi connectivity index (χ4n) is 2.41. The highest BCUT2D eigenvalue weighted by Gasteiger charge is 2.12. The van der Waals surface area contributed by atoms with E-state index in [0.29, 0.717) is 4.83 Å². The lowest BCUT2D eigenvalue weighted by Crippen LogP contribution is -2.00. The molecule has 1 unspecified atom stereocenters. The standard InChI is InChI=1S/C18H21Br/c1-4-16-7-5-6-8-17(16)18(19)12-15-10-9-13(2)14(3)11-15/h5-11,18H,4,12H2,1-3H3. The van der Waals surface area contributed by atoms with Crippen molar-refractivity contribution in [3.63, 3.8) is 0 Å². The molecule has 0 radical (unpaired) electrons. The van der Waals surface area contributed by atoms with Crippen LogP contribution in [0.1, 0.15) is 39.6 Å². The molecule has 0 amide bonds. The Balaban J connectivity index is 2.20. The van der Waals surface area contributed by atoms with Gasteiger partial charge in [0.2, 0.25) is 0 Å². The van der Waals surface area contributed by atoms with Crippen molar-refractivity contribution in [1.29, 1.82) is 0 Å². The van der Waals surface area contributed by atoms with Gasteiger partial charge in [-0.3, -0.25) is 0 Å². The van der Waals surface area contributed by atoms with Crippen molar-refractivity contribution >= 4 is 15.9 Å². The molecule has 19 heavy (non-hydrogen) atoms. The summed E-state index contributed by atoms with van der Waals surface area (Å²) in [6, 6.07) is 15.5. The monoisotopic (exact) mass is 316 g/mol. The van der Waals surface area contributed by atoms with Crippen LogP contribution in [0.3, 0.4) is 0 Å². The Morgan fingerprint density at radius 3 is 2.42 bits per heavy atom. The van der Waals surface area contributed by atoms with Crippen LogP contribution >= 0.6 is 15.9 Å². The van der Waals surface area contributed by atoms with E-state index in [-0.39, 0.29) is 0 Å². The summed E-state index contributed by atoms with van der Waals surface area (Å²) in [5, 5.41) is 0. The molecule has 0 aliphatic carbocycles. The van der Waals surface area contributed by atoms with Crippen LogP contribution in [0.4, 0.5) is 0 Å². The highest BCUT2D eigenvalue weighted by molar-refractivity contribution is 9.09. The maximum absolute atomic E-state index is 3.86. The molecule has 0 heterocycles. The Bertz CT molecular complexity index is 557. The normalized spacial score (nSPS) is 12.4. The molecule has 0 aromatic heterocycles. The molecule has 1 atom stereocenters. The van der Waals surface area contributed by atoms with Gasteiger partial charge in [0.25, 0.3) is 0 Å². The summed E-state index contributed by atoms with van der Waals surface area (Å²) in [7, 11) is 0. The van der Waals surface area contributed by atoms with Crippen molar-refractivity contribution in [3.05, 3.63) is 70.3 Å². The van der Waals surface area contributed by atoms with Gasteiger partial charge in [0.05, 0.1) is 0 Å². The SMILES string of the molecule is CCc1ccccc1C(Br)Cc1ccc(C)c(C)c1. The van der Waals surface area contributed by atoms with Gasteiger partial charge in [0.15, 0.2) is 0 Å². The maximum atomic E-state index is 3.86. The summed E-state index contributed by atoms with van der Waals surface area (Å²) in [5.41, 5.74) is 7.00. The first kappa shape index (κ1) is 14.3. The van der Waals surface area contributed by atoms with Crippen LogP contribution < -0.4 is 0 Å². The number of rotatable bonds is 4. The minimum Gasteiger partial charge on any atom is -0.0835 e. The van der Waals surface area contributed by atoms with Gasteiger partial charge in [-0.25, -0.2) is 0 Å². The Morgan fingerprint density at radius 1 is 1.00 bits per heavy atom. The number of aryl methyl sites for hydroxylation is 3. The zero-order chi connectivity index (χ0) is 13.8. The summed E-state index contributed by atoms with van der Waals surface area (Å²) >= 11 is 3.86. The van der Waals surface area contributed by atoms with Crippen LogP contribution in [0.2, 0.25) is 0 Å². The van der Waals surface area contributed by atoms with E-state index >= 15 is 0 Å². The largest absolute Gasteiger partial charge is 0.0835 e. The van der Waals surface area contributed by atoms with Crippen molar-refractivity contribution in [2.24, 2.45) is 0 Å². The molecule has 0 fully saturated rings. The highest BCUT2D eigenvalue weighted by Crippen LogP contribution is 2.30. The van der Waals surface area contributed by atoms with E-state index in [9.17, 15) is 0 Å². The molecular formula is C18H21Br. The highest BCUT2D eigenvalue weighted by atomic mass is 79.9. The molecule has 2 rings (SSSR count). The third-order valence-electron chi connectivity index (χ3n) is 3.76. The van der Waals surface area contributed by atoms with Gasteiger partial charge in [-0.2, -0.15) is 0 Å². The molecule has 2 aromatic carbocycles. The first-order chi connectivity index (χ1) is 9.11. The van der Waals surface area contributed by atoms with Crippen LogP contribution in [0.15, 0.2) is 42.5 Å². The van der Waals surface area contributed by atoms with Crippen molar-refractivity contribution in [3.8, 4) is 0 Å². The second-order valence-corrected chi connectivity index (χ2v) is 6.25. The van der Waals surface area contributed by atoms with Crippen LogP contribution in [-0.4, -0.2) is 0 Å². The van der Waals surface area contributed by atoms with Gasteiger partial charge in [-0.15, -0.1) is 0 Å². The molecule has 1 heteroatoms. The zero-order valence-corrected chi connectivity index (χ0v) is 13.5. The molecule has 0 saturated heterocycles. The molecule has 0 aliphatic rings. The third kappa shape index (κ3) is 3.48. The Labute approximate surface area is 125 Å². The van der Waals surface area contributed by atoms with E-state index in [2.05, 4.69) is 79.2 Å². The molecular weight excluding hydrogens is 296 g/mol. The number of alkyl halides is 1. The Hall–Kier alpha value is -1.08. The third-order valence-corrected chi connectivity index (χ3v) is 4.58. The lowest BCUT2D eigenvalue weighted by atomic mass is 9.97. The topological polar surface area (TPSA) is 0 Å². The molecule has 100 valence electrons. The van der Waals surface area contributed by atoms with Crippen molar-refractivity contribution in [1.82, 2.24) is 0 Å². The summed E-state index contributed by atoms with van der Waals surface area (Å²) in [6.45, 7) is 6.56. The molecule has 0 spiro atoms. The fraction of sp³-hybridized carbons (Fsp3) is 0.333. The van der Waals surface area contributed by atoms with Crippen LogP contribution in [0.5, 0.6) is 0 Å². The summed E-state index contributed by atoms with van der Waals surface area (Å²) in [4.78, 5) is 0.394. The smallest absolute Gasteiger partial charge is 0.0438 e. The van der Waals surface area contributed by atoms with Gasteiger partial charge in [-0.05, 0) is 54.5 Å². The van der Waals surface area contributed by atoms with E-state index in [0.717, 1.165) is 12.8 Å². The second kappa shape index (κ2) is 6.38. The lowest BCUT2D eigenvalue weighted by Gasteiger charge is -2.15. The minimum absolute atomic E-state index is 0.394. The number of hydrogen-bond acceptors (Lipinski definition) is 0. The number of halogens is 1. The van der Waals surface area contributed by atoms with E-state index in [1.807, 2.05) is 0 Å². The van der Waals surface area contributed by atoms with Crippen LogP contribution in [-0.2, 0) is 12.8 Å². The predicted molar refractivity (Wildman–Crippen MR) is 87.1 cm³/mol. The van der Waals surface area contributed by atoms with Crippen molar-refractivity contribution in [2.45, 2.75) is 38.4 Å². The molecule has 0 aliphatic heterocycles. The van der Waals surface area contributed by atoms with Crippen molar-refractivity contribution < 1.29 is 0 Å². The first-order valence-electron chi connectivity index (χ1n) is 6.89. The average molecular weight is 317 g/mol. The van der Waals surface area contributed by atoms with E-state index in [4.69, 9.17) is 0 Å². The van der Waals surface area contributed by atoms with Crippen molar-refractivity contribution in [2.75, 3.05) is 0 Å². The van der Waals surface area contributed by atoms with E-state index in [1.165, 1.54) is 27.8 Å². The number of hydrogen-bond donors (Lipinski definition) is 0. The van der Waals surface area contributed by atoms with Gasteiger partial charge >= 0.3 is 0 Å². The molecule has 2 aromatic rings. The number of benzene rings is 2. The van der Waals surface area contributed by atoms with Gasteiger partial charge < -0.3 is 0 Å². The van der Waals surface area contributed by atoms with Gasteiger partial charge in [0.1, 0.15) is 0 Å². The molecule has 0 saturated carbocycles. The molecule has 0 N–H and O–H groups in total. The average Bonchev–Trinajstić information content (AvgIpc) is 2.43. The minimum atomic E-state index is 0.394. The van der Waals surface area contributed by atoms with Gasteiger partial charge in [-0.1, -0.05) is 65.3 Å². The lowest BCUT2D eigenvalue weighted by molar-refractivity contribution is 0.919. The molecule has 0 nitrogen and oxygen atoms in total. The summed E-state index contributed by atoms with van der Waals surface area (Å²) in [5.74, 6) is 0. The summed E-state index contributed by atoms with van der Waals surface area (Å²) < 4.78 is 0. The fourth-order valence-corrected chi connectivity index (χ4v) is 3.23. The second-order valence-electron chi connectivity index (χ2n) is 5.14. The first-order valence-corrected chi connectivity index (χ1v) is 7.81. The predicted octanol–water partition coefficient (Wildman–Crippen LogP) is 5.54. The Morgan fingerprint density at radius 2 is 1.74 bits per heavy atom. The summed E-state index contributed by atoms with van der Waals surface area (Å²) in [6.07, 6.45) is 2.13. The van der Waals surface area contributed by atoms with Gasteiger partial charge in [0, 0.05) is 4.83 Å². The van der Waals surface area contributed by atoms with Crippen LogP contribution in [0.25, 0.3) is 0 Å².